The molecule has 7 N–H and O–H groups in total. The normalized spacial score (nSPS) is 10.7. The Morgan fingerprint density at radius 2 is 1.61 bits per heavy atom. The number of carbonyl (C=O) groups is 3. The molecule has 0 radical (unpaired) electrons. The summed E-state index contributed by atoms with van der Waals surface area (Å²) in [5, 5.41) is 39.3. The maximum absolute atomic E-state index is 11.8. The average molecular weight is 874 g/mol. The van der Waals surface area contributed by atoms with Gasteiger partial charge in [-0.25, -0.2) is 4.63 Å². The molecule has 49 heavy (non-hydrogen) atoms. The van der Waals surface area contributed by atoms with Gasteiger partial charge in [-0.3, -0.25) is 24.5 Å². The van der Waals surface area contributed by atoms with Gasteiger partial charge in [0.15, 0.2) is 28.6 Å². The number of nitro groups is 1. The van der Waals surface area contributed by atoms with Crippen LogP contribution in [0.2, 0.25) is 0 Å². The van der Waals surface area contributed by atoms with Gasteiger partial charge in [-0.05, 0) is 53.5 Å². The molecule has 0 saturated heterocycles. The summed E-state index contributed by atoms with van der Waals surface area (Å²) < 4.78 is 20.5. The van der Waals surface area contributed by atoms with Crippen molar-refractivity contribution in [2.24, 2.45) is 17.4 Å². The number of primary amides is 1. The van der Waals surface area contributed by atoms with Crippen molar-refractivity contribution in [1.29, 1.82) is 0 Å². The molecule has 0 aliphatic heterocycles. The van der Waals surface area contributed by atoms with Crippen molar-refractivity contribution in [3.05, 3.63) is 60.9 Å². The first kappa shape index (κ1) is 47.1. The number of phenols is 2. The van der Waals surface area contributed by atoms with Gasteiger partial charge in [0, 0.05) is 38.0 Å². The van der Waals surface area contributed by atoms with E-state index in [1.54, 1.807) is 13.0 Å². The zero-order valence-electron chi connectivity index (χ0n) is 27.8. The van der Waals surface area contributed by atoms with Crippen LogP contribution in [0.25, 0.3) is 11.0 Å². The number of aromatic nitrogens is 2. The number of nitro benzene ring substituents is 1. The molecule has 1 atom stereocenters. The summed E-state index contributed by atoms with van der Waals surface area (Å²) in [5.41, 5.74) is 12.0. The number of hydrogen-bond donors (Lipinski definition) is 5. The molecule has 1 unspecified atom stereocenters. The SMILES string of the molecule is CC(CC(=O)COCC(=O)CCCOCCOCCNc1ccc([N+](=O)[O-])c2nonc12)C(N)=O.NCCc1ccc(O)c(O)c1.[CH3-].[CH3-].[Pt+2]. The smallest absolute Gasteiger partial charge is 0.504 e. The van der Waals surface area contributed by atoms with E-state index < -0.39 is 16.7 Å². The first-order chi connectivity index (χ1) is 22.0. The molecule has 3 aromatic rings. The minimum atomic E-state index is -0.558. The number of rotatable bonds is 21. The topological polar surface area (TPSA) is 265 Å². The van der Waals surface area contributed by atoms with Gasteiger partial charge in [0.1, 0.15) is 13.2 Å². The Hall–Kier alpha value is -4.02. The number of nitrogens with one attached hydrogen (secondary N) is 1. The molecule has 1 heterocycles. The number of anilines is 1. The third kappa shape index (κ3) is 17.8. The molecule has 1 amide bonds. The number of benzene rings is 2. The maximum atomic E-state index is 11.8. The molecule has 1 aromatic heterocycles. The number of aromatic hydroxyl groups is 2. The quantitative estimate of drug-likeness (QED) is 0.0339. The minimum absolute atomic E-state index is 0. The van der Waals surface area contributed by atoms with Gasteiger partial charge in [0.2, 0.25) is 11.4 Å². The Bertz CT molecular complexity index is 1440. The molecule has 276 valence electrons. The van der Waals surface area contributed by atoms with Crippen LogP contribution >= 0.6 is 0 Å². The second-order valence-electron chi connectivity index (χ2n) is 10.0. The third-order valence-electron chi connectivity index (χ3n) is 6.29. The fourth-order valence-corrected chi connectivity index (χ4v) is 3.84. The number of phenolic OH excluding ortho intramolecular Hbond substituents is 2. The third-order valence-corrected chi connectivity index (χ3v) is 6.29. The Kier molecular flexibility index (Phi) is 24.9. The van der Waals surface area contributed by atoms with Crippen LogP contribution in [0.15, 0.2) is 35.0 Å². The minimum Gasteiger partial charge on any atom is -0.504 e. The molecule has 0 aliphatic carbocycles. The van der Waals surface area contributed by atoms with Gasteiger partial charge in [-0.15, -0.1) is 0 Å². The molecule has 0 bridgehead atoms. The number of non-ortho nitro benzene ring substituents is 1. The van der Waals surface area contributed by atoms with Crippen molar-refractivity contribution in [3.8, 4) is 11.5 Å². The Labute approximate surface area is 299 Å². The van der Waals surface area contributed by atoms with Crippen LogP contribution in [-0.2, 0) is 56.1 Å². The standard InChI is InChI=1S/C21H29N5O9.C8H11NO2.2CH3.Pt/c1-14(21(22)29)11-16(28)13-34-12-15(27)3-2-7-32-9-10-33-8-6-23-17-4-5-18(26(30)31)20-19(17)24-35-25-20;9-4-3-6-1-2-7(10)8(11)5-6;;;/h4-5,14,23H,2-3,6-13H2,1H3,(H2,22,29);1-2,5,10-11H,3-4,9H2;2*1H3;/q;;2*-1;+2. The Balaban J connectivity index is 0. The molecule has 18 heteroatoms. The van der Waals surface area contributed by atoms with E-state index in [-0.39, 0.29) is 102 Å². The Morgan fingerprint density at radius 3 is 2.24 bits per heavy atom. The van der Waals surface area contributed by atoms with Crippen LogP contribution in [0.5, 0.6) is 11.5 Å². The molecule has 0 saturated carbocycles. The van der Waals surface area contributed by atoms with Crippen LogP contribution in [0, 0.1) is 30.9 Å². The number of ether oxygens (including phenoxy) is 3. The zero-order valence-corrected chi connectivity index (χ0v) is 30.1. The van der Waals surface area contributed by atoms with Crippen molar-refractivity contribution >= 4 is 39.9 Å². The van der Waals surface area contributed by atoms with Crippen LogP contribution in [0.1, 0.15) is 31.7 Å². The van der Waals surface area contributed by atoms with Gasteiger partial charge < -0.3 is 56.1 Å². The number of Topliss-reactive ketones (excluding diaryl/α,β-unsaturated/α-hetero) is 2. The molecule has 2 aromatic carbocycles. The van der Waals surface area contributed by atoms with Gasteiger partial charge in [0.25, 0.3) is 0 Å². The van der Waals surface area contributed by atoms with Crippen LogP contribution in [0.3, 0.4) is 0 Å². The van der Waals surface area contributed by atoms with E-state index in [4.69, 9.17) is 35.9 Å². The number of fused-ring (bicyclic) bond motifs is 1. The number of amides is 1. The second-order valence-corrected chi connectivity index (χ2v) is 10.0. The van der Waals surface area contributed by atoms with E-state index in [1.165, 1.54) is 24.3 Å². The van der Waals surface area contributed by atoms with Crippen molar-refractivity contribution in [1.82, 2.24) is 10.3 Å². The van der Waals surface area contributed by atoms with E-state index in [0.29, 0.717) is 58.0 Å². The fourth-order valence-electron chi connectivity index (χ4n) is 3.84. The largest absolute Gasteiger partial charge is 2.00 e. The molecule has 0 fully saturated rings. The number of ketones is 2. The van der Waals surface area contributed by atoms with Crippen LogP contribution in [0.4, 0.5) is 11.4 Å². The molecule has 3 rings (SSSR count). The van der Waals surface area contributed by atoms with Crippen molar-refractivity contribution < 1.29 is 69.4 Å². The van der Waals surface area contributed by atoms with Crippen molar-refractivity contribution in [3.63, 3.8) is 0 Å². The van der Waals surface area contributed by atoms with Gasteiger partial charge in [-0.1, -0.05) is 13.0 Å². The predicted molar refractivity (Wildman–Crippen MR) is 177 cm³/mol. The summed E-state index contributed by atoms with van der Waals surface area (Å²) >= 11 is 0. The number of hydrogen-bond acceptors (Lipinski definition) is 15. The first-order valence-electron chi connectivity index (χ1n) is 14.4. The molecule has 17 nitrogen and oxygen atoms in total. The molecule has 0 aliphatic rings. The van der Waals surface area contributed by atoms with Gasteiger partial charge >= 0.3 is 26.8 Å². The number of nitrogens with zero attached hydrogens (tertiary/aromatic N) is 3. The molecular formula is C31H46N6O11Pt. The summed E-state index contributed by atoms with van der Waals surface area (Å²) in [4.78, 5) is 44.7. The fraction of sp³-hybridized carbons (Fsp3) is 0.452. The first-order valence-corrected chi connectivity index (χ1v) is 14.4. The summed E-state index contributed by atoms with van der Waals surface area (Å²) in [6.07, 6.45) is 1.49. The summed E-state index contributed by atoms with van der Waals surface area (Å²) in [7, 11) is 0. The zero-order chi connectivity index (χ0) is 33.9. The average Bonchev–Trinajstić information content (AvgIpc) is 3.50. The summed E-state index contributed by atoms with van der Waals surface area (Å²) in [5.74, 6) is -1.71. The maximum Gasteiger partial charge on any atom is 2.00 e. The monoisotopic (exact) mass is 873 g/mol. The summed E-state index contributed by atoms with van der Waals surface area (Å²) in [6.45, 7) is 3.58. The van der Waals surface area contributed by atoms with E-state index in [0.717, 1.165) is 5.56 Å². The van der Waals surface area contributed by atoms with Crippen molar-refractivity contribution in [2.45, 2.75) is 32.6 Å². The van der Waals surface area contributed by atoms with Crippen LogP contribution < -0.4 is 16.8 Å². The second kappa shape index (κ2) is 25.9. The summed E-state index contributed by atoms with van der Waals surface area (Å²) in [6, 6.07) is 7.57. The van der Waals surface area contributed by atoms with Gasteiger partial charge in [0.05, 0.1) is 30.4 Å². The van der Waals surface area contributed by atoms with Crippen LogP contribution in [-0.4, -0.2) is 95.7 Å². The van der Waals surface area contributed by atoms with Gasteiger partial charge in [-0.2, -0.15) is 0 Å². The Morgan fingerprint density at radius 1 is 0.959 bits per heavy atom. The number of nitrogens with two attached hydrogens (primary N) is 2. The molecule has 0 spiro atoms. The van der Waals surface area contributed by atoms with Crippen molar-refractivity contribution in [2.75, 3.05) is 58.0 Å². The molecular weight excluding hydrogens is 827 g/mol. The van der Waals surface area contributed by atoms with E-state index in [1.807, 2.05) is 0 Å². The predicted octanol–water partition coefficient (Wildman–Crippen LogP) is 2.52. The van der Waals surface area contributed by atoms with E-state index in [2.05, 4.69) is 20.3 Å². The van der Waals surface area contributed by atoms with E-state index >= 15 is 0 Å². The number of carbonyl (C=O) groups excluding carboxylic acids is 3. The van der Waals surface area contributed by atoms with E-state index in [9.17, 15) is 24.5 Å².